The molecule has 16 heavy (non-hydrogen) atoms. The van der Waals surface area contributed by atoms with E-state index in [1.165, 1.54) is 0 Å². The van der Waals surface area contributed by atoms with Crippen LogP contribution >= 0.6 is 0 Å². The van der Waals surface area contributed by atoms with Gasteiger partial charge in [0.2, 0.25) is 11.8 Å². The van der Waals surface area contributed by atoms with Crippen molar-refractivity contribution >= 4 is 11.8 Å². The molecule has 2 amide bonds. The van der Waals surface area contributed by atoms with Crippen LogP contribution in [0.5, 0.6) is 0 Å². The van der Waals surface area contributed by atoms with Crippen LogP contribution in [0.15, 0.2) is 0 Å². The van der Waals surface area contributed by atoms with Crippen LogP contribution in [0, 0.1) is 23.2 Å². The molecule has 1 saturated heterocycles. The lowest BCUT2D eigenvalue weighted by Gasteiger charge is -2.15. The predicted octanol–water partition coefficient (Wildman–Crippen LogP) is 0.177. The summed E-state index contributed by atoms with van der Waals surface area (Å²) in [5.74, 6) is -0.834. The molecule has 2 atom stereocenters. The number of amides is 2. The number of nitrogens with zero attached hydrogens (tertiary/aromatic N) is 1. The molecule has 88 valence electrons. The topological polar surface area (TPSA) is 82.0 Å². The summed E-state index contributed by atoms with van der Waals surface area (Å²) in [6.45, 7) is 4.09. The van der Waals surface area contributed by atoms with Crippen LogP contribution in [0.2, 0.25) is 0 Å². The maximum absolute atomic E-state index is 11.6. The van der Waals surface area contributed by atoms with Crippen molar-refractivity contribution in [2.24, 2.45) is 11.8 Å². The van der Waals surface area contributed by atoms with E-state index in [-0.39, 0.29) is 23.8 Å². The number of carbonyl (C=O) groups is 2. The van der Waals surface area contributed by atoms with Crippen molar-refractivity contribution in [1.29, 1.82) is 5.26 Å². The fraction of sp³-hybridized carbons (Fsp3) is 0.727. The first-order valence-corrected chi connectivity index (χ1v) is 5.51. The van der Waals surface area contributed by atoms with Crippen LogP contribution in [0.3, 0.4) is 0 Å². The SMILES string of the molecule is CC(C)C(C#N)C(=O)NCC1CCC(=O)N1. The summed E-state index contributed by atoms with van der Waals surface area (Å²) >= 11 is 0. The van der Waals surface area contributed by atoms with E-state index < -0.39 is 5.92 Å². The van der Waals surface area contributed by atoms with Crippen LogP contribution in [-0.2, 0) is 9.59 Å². The van der Waals surface area contributed by atoms with Crippen molar-refractivity contribution in [3.8, 4) is 6.07 Å². The van der Waals surface area contributed by atoms with E-state index >= 15 is 0 Å². The quantitative estimate of drug-likeness (QED) is 0.713. The molecule has 5 nitrogen and oxygen atoms in total. The third kappa shape index (κ3) is 3.23. The van der Waals surface area contributed by atoms with Crippen molar-refractivity contribution in [1.82, 2.24) is 10.6 Å². The minimum absolute atomic E-state index is 0.00293. The Bertz CT molecular complexity index is 320. The highest BCUT2D eigenvalue weighted by Gasteiger charge is 2.24. The van der Waals surface area contributed by atoms with Gasteiger partial charge in [-0.3, -0.25) is 9.59 Å². The van der Waals surface area contributed by atoms with Crippen LogP contribution in [0.4, 0.5) is 0 Å². The molecule has 1 rings (SSSR count). The molecule has 0 aromatic heterocycles. The smallest absolute Gasteiger partial charge is 0.237 e. The molecule has 2 unspecified atom stereocenters. The van der Waals surface area contributed by atoms with Crippen molar-refractivity contribution in [2.75, 3.05) is 6.54 Å². The van der Waals surface area contributed by atoms with Crippen molar-refractivity contribution in [3.63, 3.8) is 0 Å². The number of rotatable bonds is 4. The second kappa shape index (κ2) is 5.50. The van der Waals surface area contributed by atoms with Gasteiger partial charge in [0.1, 0.15) is 5.92 Å². The van der Waals surface area contributed by atoms with Gasteiger partial charge in [-0.15, -0.1) is 0 Å². The van der Waals surface area contributed by atoms with Crippen molar-refractivity contribution in [2.45, 2.75) is 32.7 Å². The minimum atomic E-state index is -0.614. The Labute approximate surface area is 95.2 Å². The first kappa shape index (κ1) is 12.5. The molecule has 1 aliphatic rings. The predicted molar refractivity (Wildman–Crippen MR) is 58.1 cm³/mol. The number of carbonyl (C=O) groups excluding carboxylic acids is 2. The summed E-state index contributed by atoms with van der Waals surface area (Å²) in [5, 5.41) is 14.3. The molecule has 0 aromatic carbocycles. The molecule has 0 aromatic rings. The molecular formula is C11H17N3O2. The molecule has 0 radical (unpaired) electrons. The molecule has 5 heteroatoms. The molecule has 0 spiro atoms. The summed E-state index contributed by atoms with van der Waals surface area (Å²) in [7, 11) is 0. The second-order valence-corrected chi connectivity index (χ2v) is 4.40. The number of nitrogens with one attached hydrogen (secondary N) is 2. The Hall–Kier alpha value is -1.57. The molecule has 1 aliphatic heterocycles. The number of nitriles is 1. The lowest BCUT2D eigenvalue weighted by atomic mass is 9.96. The van der Waals surface area contributed by atoms with E-state index in [0.29, 0.717) is 13.0 Å². The Morgan fingerprint density at radius 2 is 2.38 bits per heavy atom. The van der Waals surface area contributed by atoms with E-state index in [4.69, 9.17) is 5.26 Å². The second-order valence-electron chi connectivity index (χ2n) is 4.40. The Kier molecular flexibility index (Phi) is 4.29. The van der Waals surface area contributed by atoms with E-state index in [9.17, 15) is 9.59 Å². The Morgan fingerprint density at radius 1 is 1.69 bits per heavy atom. The summed E-state index contributed by atoms with van der Waals surface area (Å²) in [4.78, 5) is 22.5. The Morgan fingerprint density at radius 3 is 2.81 bits per heavy atom. The van der Waals surface area contributed by atoms with E-state index in [1.807, 2.05) is 19.9 Å². The zero-order valence-corrected chi connectivity index (χ0v) is 9.62. The standard InChI is InChI=1S/C11H17N3O2/c1-7(2)9(5-12)11(16)13-6-8-3-4-10(15)14-8/h7-9H,3-4,6H2,1-2H3,(H,13,16)(H,14,15). The Balaban J connectivity index is 2.35. The lowest BCUT2D eigenvalue weighted by Crippen LogP contribution is -2.41. The van der Waals surface area contributed by atoms with Gasteiger partial charge < -0.3 is 10.6 Å². The molecule has 0 bridgehead atoms. The molecule has 2 N–H and O–H groups in total. The zero-order chi connectivity index (χ0) is 12.1. The van der Waals surface area contributed by atoms with Gasteiger partial charge in [-0.25, -0.2) is 0 Å². The van der Waals surface area contributed by atoms with Gasteiger partial charge in [0.25, 0.3) is 0 Å². The molecule has 0 saturated carbocycles. The summed E-state index contributed by atoms with van der Waals surface area (Å²) in [6, 6.07) is 2.00. The van der Waals surface area contributed by atoms with Gasteiger partial charge in [0.15, 0.2) is 0 Å². The maximum Gasteiger partial charge on any atom is 0.237 e. The lowest BCUT2D eigenvalue weighted by molar-refractivity contribution is -0.125. The largest absolute Gasteiger partial charge is 0.353 e. The van der Waals surface area contributed by atoms with Gasteiger partial charge in [-0.05, 0) is 12.3 Å². The highest BCUT2D eigenvalue weighted by molar-refractivity contribution is 5.82. The summed E-state index contributed by atoms with van der Waals surface area (Å²) in [5.41, 5.74) is 0. The first-order chi connectivity index (χ1) is 7.54. The van der Waals surface area contributed by atoms with Gasteiger partial charge in [0.05, 0.1) is 6.07 Å². The van der Waals surface area contributed by atoms with Crippen LogP contribution < -0.4 is 10.6 Å². The fourth-order valence-electron chi connectivity index (χ4n) is 1.67. The van der Waals surface area contributed by atoms with Crippen molar-refractivity contribution < 1.29 is 9.59 Å². The monoisotopic (exact) mass is 223 g/mol. The first-order valence-electron chi connectivity index (χ1n) is 5.51. The van der Waals surface area contributed by atoms with E-state index in [1.54, 1.807) is 0 Å². The highest BCUT2D eigenvalue weighted by Crippen LogP contribution is 2.10. The minimum Gasteiger partial charge on any atom is -0.353 e. The van der Waals surface area contributed by atoms with Crippen LogP contribution in [0.25, 0.3) is 0 Å². The van der Waals surface area contributed by atoms with Crippen LogP contribution in [0.1, 0.15) is 26.7 Å². The average Bonchev–Trinajstić information content (AvgIpc) is 2.62. The maximum atomic E-state index is 11.6. The van der Waals surface area contributed by atoms with Crippen LogP contribution in [-0.4, -0.2) is 24.4 Å². The van der Waals surface area contributed by atoms with E-state index in [2.05, 4.69) is 10.6 Å². The van der Waals surface area contributed by atoms with Gasteiger partial charge in [-0.1, -0.05) is 13.8 Å². The van der Waals surface area contributed by atoms with Crippen molar-refractivity contribution in [3.05, 3.63) is 0 Å². The molecular weight excluding hydrogens is 206 g/mol. The third-order valence-electron chi connectivity index (χ3n) is 2.70. The molecule has 1 heterocycles. The molecule has 0 aliphatic carbocycles. The summed E-state index contributed by atoms with van der Waals surface area (Å²) < 4.78 is 0. The molecule has 1 fully saturated rings. The van der Waals surface area contributed by atoms with Gasteiger partial charge in [-0.2, -0.15) is 5.26 Å². The zero-order valence-electron chi connectivity index (χ0n) is 9.62. The van der Waals surface area contributed by atoms with Gasteiger partial charge >= 0.3 is 0 Å². The average molecular weight is 223 g/mol. The van der Waals surface area contributed by atoms with Gasteiger partial charge in [0, 0.05) is 19.0 Å². The van der Waals surface area contributed by atoms with E-state index in [0.717, 1.165) is 6.42 Å². The number of hydrogen-bond acceptors (Lipinski definition) is 3. The summed E-state index contributed by atoms with van der Waals surface area (Å²) in [6.07, 6.45) is 1.27. The number of hydrogen-bond donors (Lipinski definition) is 2. The highest BCUT2D eigenvalue weighted by atomic mass is 16.2. The third-order valence-corrected chi connectivity index (χ3v) is 2.70. The normalized spacial score (nSPS) is 21.4. The fourth-order valence-corrected chi connectivity index (χ4v) is 1.67.